The number of carbonyl (C=O) groups excluding carboxylic acids is 1. The average Bonchev–Trinajstić information content (AvgIpc) is 0.783. The van der Waals surface area contributed by atoms with Crippen molar-refractivity contribution in [2.75, 3.05) is 26.4 Å². The van der Waals surface area contributed by atoms with E-state index in [0.29, 0.717) is 12.8 Å². The molecular formula is C81H139NO18. The zero-order valence-electron chi connectivity index (χ0n) is 61.4. The first kappa shape index (κ1) is 90.7. The van der Waals surface area contributed by atoms with Gasteiger partial charge in [-0.05, 0) is 96.3 Å². The van der Waals surface area contributed by atoms with E-state index in [1.54, 1.807) is 6.08 Å². The summed E-state index contributed by atoms with van der Waals surface area (Å²) in [4.78, 5) is 13.5. The maximum Gasteiger partial charge on any atom is 0.220 e. The molecule has 0 aromatic heterocycles. The van der Waals surface area contributed by atoms with Crippen molar-refractivity contribution in [1.82, 2.24) is 5.32 Å². The predicted octanol–water partition coefficient (Wildman–Crippen LogP) is 12.6. The normalized spacial score (nSPS) is 27.1. The lowest BCUT2D eigenvalue weighted by molar-refractivity contribution is -0.379. The molecule has 17 atom stereocenters. The number of aliphatic hydroxyl groups excluding tert-OH is 11. The second-order valence-electron chi connectivity index (χ2n) is 27.4. The Morgan fingerprint density at radius 1 is 0.370 bits per heavy atom. The highest BCUT2D eigenvalue weighted by Crippen LogP contribution is 2.33. The molecule has 3 rings (SSSR count). The van der Waals surface area contributed by atoms with Crippen LogP contribution in [0.3, 0.4) is 0 Å². The molecule has 100 heavy (non-hydrogen) atoms. The van der Waals surface area contributed by atoms with Crippen molar-refractivity contribution in [2.24, 2.45) is 0 Å². The maximum absolute atomic E-state index is 13.5. The molecule has 3 aliphatic heterocycles. The highest BCUT2D eigenvalue weighted by atomic mass is 16.8. The van der Waals surface area contributed by atoms with Gasteiger partial charge < -0.3 is 89.9 Å². The first-order valence-electron chi connectivity index (χ1n) is 39.1. The van der Waals surface area contributed by atoms with Crippen LogP contribution >= 0.6 is 0 Å². The van der Waals surface area contributed by atoms with Crippen molar-refractivity contribution in [1.29, 1.82) is 0 Å². The number of rotatable bonds is 60. The predicted molar refractivity (Wildman–Crippen MR) is 397 cm³/mol. The molecule has 0 saturated carbocycles. The zero-order valence-corrected chi connectivity index (χ0v) is 61.4. The van der Waals surface area contributed by atoms with Crippen LogP contribution in [0.4, 0.5) is 0 Å². The first-order chi connectivity index (χ1) is 48.8. The number of aliphatic hydroxyl groups is 11. The largest absolute Gasteiger partial charge is 0.394 e. The summed E-state index contributed by atoms with van der Waals surface area (Å²) in [6.07, 6.45) is 56.4. The molecule has 17 unspecified atom stereocenters. The van der Waals surface area contributed by atoms with Gasteiger partial charge >= 0.3 is 0 Å². The minimum absolute atomic E-state index is 0.223. The Bertz CT molecular complexity index is 2230. The fourth-order valence-corrected chi connectivity index (χ4v) is 12.5. The number of ether oxygens (including phenoxy) is 6. The van der Waals surface area contributed by atoms with Gasteiger partial charge in [-0.1, -0.05) is 271 Å². The third-order valence-electron chi connectivity index (χ3n) is 18.8. The Hall–Kier alpha value is -3.55. The molecule has 19 nitrogen and oxygen atoms in total. The molecule has 3 saturated heterocycles. The van der Waals surface area contributed by atoms with Crippen LogP contribution in [0.2, 0.25) is 0 Å². The molecule has 19 heteroatoms. The first-order valence-corrected chi connectivity index (χ1v) is 39.1. The van der Waals surface area contributed by atoms with Crippen LogP contribution in [0, 0.1) is 0 Å². The van der Waals surface area contributed by atoms with Crippen molar-refractivity contribution < 1.29 is 89.4 Å². The Morgan fingerprint density at radius 3 is 1.12 bits per heavy atom. The van der Waals surface area contributed by atoms with Gasteiger partial charge in [-0.25, -0.2) is 0 Å². The van der Waals surface area contributed by atoms with E-state index < -0.39 is 124 Å². The zero-order chi connectivity index (χ0) is 72.5. The summed E-state index contributed by atoms with van der Waals surface area (Å²) < 4.78 is 34.4. The summed E-state index contributed by atoms with van der Waals surface area (Å²) >= 11 is 0. The van der Waals surface area contributed by atoms with Gasteiger partial charge in [0.25, 0.3) is 0 Å². The highest BCUT2D eigenvalue weighted by molar-refractivity contribution is 5.76. The number of hydrogen-bond donors (Lipinski definition) is 12. The van der Waals surface area contributed by atoms with Gasteiger partial charge in [-0.15, -0.1) is 0 Å². The van der Waals surface area contributed by atoms with Gasteiger partial charge in [0, 0.05) is 6.42 Å². The van der Waals surface area contributed by atoms with Gasteiger partial charge in [-0.2, -0.15) is 0 Å². The average molecular weight is 1410 g/mol. The SMILES string of the molecule is CC/C=C\C/C=C\C/C=C\C/C=C\C/C=C\C/C=C\CCCCCCCCCCCCCCC(=O)NC(COC1OC(CO)C(OC2OC(CO)C(OC3OC(CO)C(O)C(O)C3O)C(O)C2O)C(O)C1O)C(O)/C=C/CC/C=C/CC/C=C/CCCCCCCCCCCCCCCC. The molecule has 3 heterocycles. The number of allylic oxidation sites excluding steroid dienone is 17. The summed E-state index contributed by atoms with van der Waals surface area (Å²) in [6, 6.07) is -1.01. The van der Waals surface area contributed by atoms with Crippen molar-refractivity contribution in [3.63, 3.8) is 0 Å². The number of amides is 1. The number of hydrogen-bond acceptors (Lipinski definition) is 18. The standard InChI is InChI=1S/C81H139NO18/c1-3-5-7-9-11-13-15-17-19-21-23-25-27-29-30-31-32-33-34-35-37-39-41-43-45-47-49-51-53-55-57-59-69(87)82-64(65(86)58-56-54-52-50-48-46-44-42-40-38-36-28-26-24-22-20-18-16-14-12-10-8-6-4-2)63-95-79-75(93)72(90)77(67(61-84)97-79)100-81-76(94)73(91)78(68(62-85)98-81)99-80-74(92)71(89)70(88)66(60-83)96-80/h5,7,11,13,17,19,23,25,29-30,32-33,40,42,48,50,56,58,64-68,70-81,83-86,88-94H,3-4,6,8-10,12,14-16,18,20-22,24,26-28,31,34-39,41,43-47,49,51-55,57,59-63H2,1-2H3,(H,82,87)/b7-5-,13-11-,19-17-,25-23-,30-29-,33-32-,42-40+,50-48+,58-56+. The van der Waals surface area contributed by atoms with Crippen LogP contribution in [-0.4, -0.2) is 193 Å². The lowest BCUT2D eigenvalue weighted by atomic mass is 9.96. The van der Waals surface area contributed by atoms with E-state index in [1.807, 2.05) is 6.08 Å². The van der Waals surface area contributed by atoms with Crippen LogP contribution in [0.15, 0.2) is 109 Å². The van der Waals surface area contributed by atoms with Crippen molar-refractivity contribution in [2.45, 2.75) is 369 Å². The second kappa shape index (κ2) is 60.7. The fraction of sp³-hybridized carbons (Fsp3) is 0.765. The molecule has 1 amide bonds. The van der Waals surface area contributed by atoms with Crippen molar-refractivity contribution >= 4 is 5.91 Å². The van der Waals surface area contributed by atoms with Crippen LogP contribution in [0.5, 0.6) is 0 Å². The topological polar surface area (TPSA) is 307 Å². The van der Waals surface area contributed by atoms with Gasteiger partial charge in [0.1, 0.15) is 73.2 Å². The highest BCUT2D eigenvalue weighted by Gasteiger charge is 2.53. The smallest absolute Gasteiger partial charge is 0.220 e. The number of unbranched alkanes of at least 4 members (excludes halogenated alkanes) is 28. The lowest BCUT2D eigenvalue weighted by Crippen LogP contribution is -2.66. The number of nitrogens with one attached hydrogen (secondary N) is 1. The molecule has 12 N–H and O–H groups in total. The third kappa shape index (κ3) is 40.6. The van der Waals surface area contributed by atoms with E-state index in [2.05, 4.69) is 116 Å². The molecule has 0 radical (unpaired) electrons. The third-order valence-corrected chi connectivity index (χ3v) is 18.8. The van der Waals surface area contributed by atoms with Gasteiger partial charge in [-0.3, -0.25) is 4.79 Å². The van der Waals surface area contributed by atoms with Crippen LogP contribution in [-0.2, 0) is 33.2 Å². The van der Waals surface area contributed by atoms with Crippen LogP contribution in [0.25, 0.3) is 0 Å². The quantitative estimate of drug-likeness (QED) is 0.0199. The van der Waals surface area contributed by atoms with Gasteiger partial charge in [0.05, 0.1) is 38.6 Å². The molecular weight excluding hydrogens is 1270 g/mol. The summed E-state index contributed by atoms with van der Waals surface area (Å²) in [6.45, 7) is 1.60. The van der Waals surface area contributed by atoms with Gasteiger partial charge in [0.2, 0.25) is 5.91 Å². The molecule has 576 valence electrons. The molecule has 0 aliphatic carbocycles. The Balaban J connectivity index is 1.40. The van der Waals surface area contributed by atoms with E-state index in [0.717, 1.165) is 96.3 Å². The van der Waals surface area contributed by atoms with Crippen molar-refractivity contribution in [3.05, 3.63) is 109 Å². The van der Waals surface area contributed by atoms with E-state index in [9.17, 15) is 61.0 Å². The molecule has 0 aromatic carbocycles. The Morgan fingerprint density at radius 2 is 0.700 bits per heavy atom. The monoisotopic (exact) mass is 1410 g/mol. The van der Waals surface area contributed by atoms with Crippen LogP contribution in [0.1, 0.15) is 264 Å². The second-order valence-corrected chi connectivity index (χ2v) is 27.4. The molecule has 3 aliphatic rings. The lowest BCUT2D eigenvalue weighted by Gasteiger charge is -2.48. The molecule has 0 bridgehead atoms. The summed E-state index contributed by atoms with van der Waals surface area (Å²) in [7, 11) is 0. The van der Waals surface area contributed by atoms with E-state index >= 15 is 0 Å². The minimum atomic E-state index is -1.99. The fourth-order valence-electron chi connectivity index (χ4n) is 12.5. The summed E-state index contributed by atoms with van der Waals surface area (Å²) in [5, 5.41) is 121. The van der Waals surface area contributed by atoms with E-state index in [-0.39, 0.29) is 18.9 Å². The van der Waals surface area contributed by atoms with Crippen molar-refractivity contribution in [3.8, 4) is 0 Å². The van der Waals surface area contributed by atoms with E-state index in [1.165, 1.54) is 135 Å². The maximum atomic E-state index is 13.5. The number of carbonyl (C=O) groups is 1. The van der Waals surface area contributed by atoms with Crippen LogP contribution < -0.4 is 5.32 Å². The van der Waals surface area contributed by atoms with Gasteiger partial charge in [0.15, 0.2) is 18.9 Å². The molecule has 0 aromatic rings. The molecule has 3 fully saturated rings. The minimum Gasteiger partial charge on any atom is -0.394 e. The molecule has 0 spiro atoms. The summed E-state index contributed by atoms with van der Waals surface area (Å²) in [5.41, 5.74) is 0. The Labute approximate surface area is 602 Å². The Kier molecular flexibility index (Phi) is 55.0. The van der Waals surface area contributed by atoms with E-state index in [4.69, 9.17) is 28.4 Å². The summed E-state index contributed by atoms with van der Waals surface area (Å²) in [5.74, 6) is -0.294.